The van der Waals surface area contributed by atoms with Gasteiger partial charge in [-0.1, -0.05) is 30.3 Å². The van der Waals surface area contributed by atoms with Crippen LogP contribution in [0.5, 0.6) is 0 Å². The fourth-order valence-electron chi connectivity index (χ4n) is 2.88. The molecule has 3 aromatic heterocycles. The zero-order valence-electron chi connectivity index (χ0n) is 12.8. The molecule has 0 spiro atoms. The van der Waals surface area contributed by atoms with E-state index in [4.69, 9.17) is 0 Å². The van der Waals surface area contributed by atoms with E-state index in [1.807, 2.05) is 53.5 Å². The molecule has 0 aliphatic rings. The lowest BCUT2D eigenvalue weighted by Crippen LogP contribution is -2.10. The van der Waals surface area contributed by atoms with Gasteiger partial charge in [0.2, 0.25) is 0 Å². The highest BCUT2D eigenvalue weighted by atomic mass is 15.3. The monoisotopic (exact) mass is 314 g/mol. The number of aromatic nitrogens is 5. The second-order valence-corrected chi connectivity index (χ2v) is 5.50. The van der Waals surface area contributed by atoms with Crippen LogP contribution in [0.2, 0.25) is 0 Å². The predicted molar refractivity (Wildman–Crippen MR) is 89.9 cm³/mol. The molecule has 0 saturated carbocycles. The lowest BCUT2D eigenvalue weighted by atomic mass is 10.0. The number of fused-ring (bicyclic) bond motifs is 1. The molecule has 0 aliphatic carbocycles. The quantitative estimate of drug-likeness (QED) is 0.626. The molecule has 0 fully saturated rings. The molecule has 0 radical (unpaired) electrons. The minimum Gasteiger partial charge on any atom is -0.345 e. The van der Waals surface area contributed by atoms with Crippen LogP contribution in [0.3, 0.4) is 0 Å². The lowest BCUT2D eigenvalue weighted by molar-refractivity contribution is 0.532. The van der Waals surface area contributed by atoms with E-state index in [1.54, 1.807) is 12.4 Å². The Morgan fingerprint density at radius 1 is 1.17 bits per heavy atom. The van der Waals surface area contributed by atoms with Crippen molar-refractivity contribution in [3.8, 4) is 17.2 Å². The number of rotatable bonds is 4. The summed E-state index contributed by atoms with van der Waals surface area (Å²) in [5, 5.41) is 22.8. The molecule has 0 unspecified atom stereocenters. The maximum Gasteiger partial charge on any atom is 0.160 e. The Kier molecular flexibility index (Phi) is 3.52. The standard InChI is InChI=1S/C18H14N6/c19-8-6-17(13-4-2-1-3-5-13)24-12-14(10-22-24)16-11-21-23-18-15(16)7-9-20-18/h1-5,7,9-12,17H,6H2,(H,20,23)/t17-/m1/s1. The lowest BCUT2D eigenvalue weighted by Gasteiger charge is -2.14. The highest BCUT2D eigenvalue weighted by molar-refractivity contribution is 5.91. The smallest absolute Gasteiger partial charge is 0.160 e. The average molecular weight is 314 g/mol. The van der Waals surface area contributed by atoms with Crippen LogP contribution in [0, 0.1) is 11.3 Å². The van der Waals surface area contributed by atoms with E-state index in [-0.39, 0.29) is 6.04 Å². The molecular weight excluding hydrogens is 300 g/mol. The van der Waals surface area contributed by atoms with Crippen molar-refractivity contribution in [3.05, 3.63) is 66.7 Å². The van der Waals surface area contributed by atoms with Gasteiger partial charge < -0.3 is 4.98 Å². The minimum atomic E-state index is -0.110. The summed E-state index contributed by atoms with van der Waals surface area (Å²) in [6.07, 6.45) is 7.70. The molecule has 0 saturated heterocycles. The first-order valence-corrected chi connectivity index (χ1v) is 7.62. The van der Waals surface area contributed by atoms with Gasteiger partial charge in [-0.15, -0.1) is 5.10 Å². The first kappa shape index (κ1) is 14.2. The largest absolute Gasteiger partial charge is 0.345 e. The second kappa shape index (κ2) is 5.97. The topological polar surface area (TPSA) is 83.2 Å². The molecule has 0 amide bonds. The van der Waals surface area contributed by atoms with Crippen molar-refractivity contribution in [1.29, 1.82) is 5.26 Å². The Morgan fingerprint density at radius 3 is 2.88 bits per heavy atom. The Balaban J connectivity index is 1.76. The molecule has 4 aromatic rings. The maximum atomic E-state index is 9.18. The Bertz CT molecular complexity index is 1010. The van der Waals surface area contributed by atoms with Crippen molar-refractivity contribution in [2.75, 3.05) is 0 Å². The van der Waals surface area contributed by atoms with Crippen LogP contribution < -0.4 is 0 Å². The van der Waals surface area contributed by atoms with Gasteiger partial charge >= 0.3 is 0 Å². The van der Waals surface area contributed by atoms with Gasteiger partial charge in [-0.2, -0.15) is 15.5 Å². The first-order valence-electron chi connectivity index (χ1n) is 7.62. The van der Waals surface area contributed by atoms with E-state index in [9.17, 15) is 5.26 Å². The van der Waals surface area contributed by atoms with Crippen molar-refractivity contribution in [2.45, 2.75) is 12.5 Å². The first-order chi connectivity index (χ1) is 11.9. The summed E-state index contributed by atoms with van der Waals surface area (Å²) < 4.78 is 1.84. The predicted octanol–water partition coefficient (Wildman–Crippen LogP) is 3.32. The summed E-state index contributed by atoms with van der Waals surface area (Å²) in [4.78, 5) is 3.06. The molecule has 24 heavy (non-hydrogen) atoms. The zero-order valence-corrected chi connectivity index (χ0v) is 12.8. The molecule has 6 nitrogen and oxygen atoms in total. The number of aromatic amines is 1. The molecule has 6 heteroatoms. The van der Waals surface area contributed by atoms with E-state index in [1.165, 1.54) is 0 Å². The van der Waals surface area contributed by atoms with E-state index < -0.39 is 0 Å². The second-order valence-electron chi connectivity index (χ2n) is 5.50. The summed E-state index contributed by atoms with van der Waals surface area (Å²) in [6, 6.07) is 14.1. The number of nitrogens with zero attached hydrogens (tertiary/aromatic N) is 5. The Hall–Kier alpha value is -3.46. The summed E-state index contributed by atoms with van der Waals surface area (Å²) >= 11 is 0. The van der Waals surface area contributed by atoms with Crippen LogP contribution >= 0.6 is 0 Å². The van der Waals surface area contributed by atoms with E-state index >= 15 is 0 Å². The van der Waals surface area contributed by atoms with E-state index in [0.29, 0.717) is 6.42 Å². The van der Waals surface area contributed by atoms with E-state index in [2.05, 4.69) is 26.3 Å². The van der Waals surface area contributed by atoms with E-state index in [0.717, 1.165) is 27.7 Å². The van der Waals surface area contributed by atoms with Gasteiger partial charge in [0.25, 0.3) is 0 Å². The van der Waals surface area contributed by atoms with Gasteiger partial charge in [-0.3, -0.25) is 4.68 Å². The van der Waals surface area contributed by atoms with Gasteiger partial charge in [0.1, 0.15) is 0 Å². The molecule has 116 valence electrons. The molecule has 1 aromatic carbocycles. The van der Waals surface area contributed by atoms with Crippen molar-refractivity contribution in [2.24, 2.45) is 0 Å². The van der Waals surface area contributed by atoms with Crippen molar-refractivity contribution < 1.29 is 0 Å². The SMILES string of the molecule is N#CC[C@H](c1ccccc1)n1cc(-c2cnnc3[nH]ccc23)cn1. The number of nitriles is 1. The van der Waals surface area contributed by atoms with Gasteiger partial charge in [0.15, 0.2) is 5.65 Å². The fraction of sp³-hybridized carbons (Fsp3) is 0.111. The summed E-state index contributed by atoms with van der Waals surface area (Å²) in [5.74, 6) is 0. The van der Waals surface area contributed by atoms with Crippen LogP contribution in [0.4, 0.5) is 0 Å². The van der Waals surface area contributed by atoms with Crippen LogP contribution in [-0.2, 0) is 0 Å². The van der Waals surface area contributed by atoms with Crippen molar-refractivity contribution in [3.63, 3.8) is 0 Å². The number of H-pyrrole nitrogens is 1. The Morgan fingerprint density at radius 2 is 2.04 bits per heavy atom. The van der Waals surface area contributed by atoms with Crippen molar-refractivity contribution in [1.82, 2.24) is 25.0 Å². The van der Waals surface area contributed by atoms with Crippen LogP contribution in [0.1, 0.15) is 18.0 Å². The van der Waals surface area contributed by atoms with Gasteiger partial charge in [-0.25, -0.2) is 0 Å². The minimum absolute atomic E-state index is 0.110. The summed E-state index contributed by atoms with van der Waals surface area (Å²) in [7, 11) is 0. The number of nitrogens with one attached hydrogen (secondary N) is 1. The fourth-order valence-corrected chi connectivity index (χ4v) is 2.88. The molecule has 4 rings (SSSR count). The number of benzene rings is 1. The number of hydrogen-bond acceptors (Lipinski definition) is 4. The maximum absolute atomic E-state index is 9.18. The summed E-state index contributed by atoms with van der Waals surface area (Å²) in [5.41, 5.74) is 3.73. The van der Waals surface area contributed by atoms with Crippen molar-refractivity contribution >= 4 is 11.0 Å². The molecule has 1 N–H and O–H groups in total. The van der Waals surface area contributed by atoms with Crippen LogP contribution in [0.25, 0.3) is 22.2 Å². The average Bonchev–Trinajstić information content (AvgIpc) is 3.29. The third kappa shape index (κ3) is 2.42. The van der Waals surface area contributed by atoms with Crippen LogP contribution in [0.15, 0.2) is 61.2 Å². The van der Waals surface area contributed by atoms with Gasteiger partial charge in [-0.05, 0) is 11.6 Å². The highest BCUT2D eigenvalue weighted by Gasteiger charge is 2.16. The molecule has 3 heterocycles. The van der Waals surface area contributed by atoms with Gasteiger partial charge in [0, 0.05) is 28.9 Å². The zero-order chi connectivity index (χ0) is 16.4. The number of hydrogen-bond donors (Lipinski definition) is 1. The highest BCUT2D eigenvalue weighted by Crippen LogP contribution is 2.28. The summed E-state index contributed by atoms with van der Waals surface area (Å²) in [6.45, 7) is 0. The molecule has 0 bridgehead atoms. The molecule has 0 aliphatic heterocycles. The third-order valence-corrected chi connectivity index (χ3v) is 4.06. The molecular formula is C18H14N6. The van der Waals surface area contributed by atoms with Gasteiger partial charge in [0.05, 0.1) is 30.9 Å². The molecule has 1 atom stereocenters. The third-order valence-electron chi connectivity index (χ3n) is 4.06. The Labute approximate surface area is 138 Å². The van der Waals surface area contributed by atoms with Crippen LogP contribution in [-0.4, -0.2) is 25.0 Å². The normalized spacial score (nSPS) is 12.1.